The molecule has 2 heterocycles. The van der Waals surface area contributed by atoms with Crippen molar-refractivity contribution < 1.29 is 9.50 Å². The second-order valence-corrected chi connectivity index (χ2v) is 4.79. The van der Waals surface area contributed by atoms with Crippen molar-refractivity contribution in [1.82, 2.24) is 15.1 Å². The van der Waals surface area contributed by atoms with Gasteiger partial charge in [0.2, 0.25) is 0 Å². The highest BCUT2D eigenvalue weighted by Crippen LogP contribution is 2.28. The molecule has 1 aromatic heterocycles. The third kappa shape index (κ3) is 2.39. The molecule has 0 fully saturated rings. The maximum absolute atomic E-state index is 13.3. The summed E-state index contributed by atoms with van der Waals surface area (Å²) in [5.74, 6) is -0.253. The lowest BCUT2D eigenvalue weighted by Gasteiger charge is -2.26. The van der Waals surface area contributed by atoms with E-state index in [-0.39, 0.29) is 12.4 Å². The Bertz CT molecular complexity index is 582. The van der Waals surface area contributed by atoms with Crippen molar-refractivity contribution in [2.24, 2.45) is 0 Å². The van der Waals surface area contributed by atoms with E-state index in [1.165, 1.54) is 12.1 Å². The number of β-amino-alcohol motifs (C(OH)–C–C–N with tert-alkyl or cyclic N) is 1. The van der Waals surface area contributed by atoms with Crippen molar-refractivity contribution in [3.8, 4) is 11.3 Å². The average molecular weight is 261 g/mol. The van der Waals surface area contributed by atoms with Gasteiger partial charge in [-0.3, -0.25) is 10.00 Å². The van der Waals surface area contributed by atoms with Crippen LogP contribution in [-0.4, -0.2) is 39.9 Å². The average Bonchev–Trinajstić information content (AvgIpc) is 2.82. The van der Waals surface area contributed by atoms with Crippen molar-refractivity contribution in [3.63, 3.8) is 0 Å². The van der Waals surface area contributed by atoms with Crippen molar-refractivity contribution in [1.29, 1.82) is 0 Å². The summed E-state index contributed by atoms with van der Waals surface area (Å²) in [6.45, 7) is 2.48. The fourth-order valence-electron chi connectivity index (χ4n) is 2.56. The highest BCUT2D eigenvalue weighted by atomic mass is 19.1. The van der Waals surface area contributed by atoms with Gasteiger partial charge >= 0.3 is 0 Å². The van der Waals surface area contributed by atoms with Crippen LogP contribution in [0, 0.1) is 5.82 Å². The van der Waals surface area contributed by atoms with Crippen LogP contribution in [0.25, 0.3) is 11.3 Å². The Hall–Kier alpha value is -1.72. The van der Waals surface area contributed by atoms with Gasteiger partial charge in [-0.05, 0) is 12.1 Å². The molecular weight excluding hydrogens is 245 g/mol. The number of fused-ring (bicyclic) bond motifs is 1. The van der Waals surface area contributed by atoms with Crippen molar-refractivity contribution in [2.45, 2.75) is 13.0 Å². The molecule has 0 spiro atoms. The number of benzene rings is 1. The molecule has 3 rings (SSSR count). The van der Waals surface area contributed by atoms with E-state index in [0.717, 1.165) is 42.0 Å². The zero-order valence-electron chi connectivity index (χ0n) is 10.6. The summed E-state index contributed by atoms with van der Waals surface area (Å²) in [7, 11) is 0. The molecule has 0 unspecified atom stereocenters. The molecular formula is C14H16FN3O. The summed E-state index contributed by atoms with van der Waals surface area (Å²) < 4.78 is 13.3. The Balaban J connectivity index is 1.95. The van der Waals surface area contributed by atoms with E-state index in [4.69, 9.17) is 5.11 Å². The molecule has 0 atom stereocenters. The number of halogens is 1. The van der Waals surface area contributed by atoms with E-state index >= 15 is 0 Å². The molecule has 0 radical (unpaired) electrons. The molecule has 100 valence electrons. The SMILES string of the molecule is OCCN1CCc2[nH]nc(-c3cccc(F)c3)c2C1. The second kappa shape index (κ2) is 5.11. The normalized spacial score (nSPS) is 15.5. The quantitative estimate of drug-likeness (QED) is 0.881. The predicted molar refractivity (Wildman–Crippen MR) is 70.0 cm³/mol. The molecule has 2 aromatic rings. The first-order valence-electron chi connectivity index (χ1n) is 6.43. The van der Waals surface area contributed by atoms with Gasteiger partial charge in [-0.1, -0.05) is 12.1 Å². The lowest BCUT2D eigenvalue weighted by Crippen LogP contribution is -2.32. The first kappa shape index (κ1) is 12.3. The number of hydrogen-bond acceptors (Lipinski definition) is 3. The number of nitrogens with one attached hydrogen (secondary N) is 1. The molecule has 0 amide bonds. The number of rotatable bonds is 3. The van der Waals surface area contributed by atoms with Crippen LogP contribution < -0.4 is 0 Å². The van der Waals surface area contributed by atoms with Crippen LogP contribution in [0.2, 0.25) is 0 Å². The molecule has 1 aliphatic rings. The summed E-state index contributed by atoms with van der Waals surface area (Å²) in [5, 5.41) is 16.4. The number of nitrogens with zero attached hydrogens (tertiary/aromatic N) is 2. The zero-order valence-corrected chi connectivity index (χ0v) is 10.6. The fourth-order valence-corrected chi connectivity index (χ4v) is 2.56. The molecule has 19 heavy (non-hydrogen) atoms. The topological polar surface area (TPSA) is 52.1 Å². The lowest BCUT2D eigenvalue weighted by atomic mass is 10.0. The Morgan fingerprint density at radius 2 is 2.32 bits per heavy atom. The van der Waals surface area contributed by atoms with Crippen LogP contribution in [-0.2, 0) is 13.0 Å². The highest BCUT2D eigenvalue weighted by Gasteiger charge is 2.22. The van der Waals surface area contributed by atoms with E-state index in [1.54, 1.807) is 6.07 Å². The molecule has 4 nitrogen and oxygen atoms in total. The Morgan fingerprint density at radius 3 is 3.11 bits per heavy atom. The van der Waals surface area contributed by atoms with E-state index < -0.39 is 0 Å². The van der Waals surface area contributed by atoms with Gasteiger partial charge in [-0.25, -0.2) is 4.39 Å². The van der Waals surface area contributed by atoms with E-state index in [1.807, 2.05) is 6.07 Å². The minimum Gasteiger partial charge on any atom is -0.395 e. The highest BCUT2D eigenvalue weighted by molar-refractivity contribution is 5.64. The van der Waals surface area contributed by atoms with Gasteiger partial charge in [0.15, 0.2) is 0 Å². The Morgan fingerprint density at radius 1 is 1.42 bits per heavy atom. The van der Waals surface area contributed by atoms with Crippen LogP contribution in [0.4, 0.5) is 4.39 Å². The number of aromatic amines is 1. The maximum atomic E-state index is 13.3. The smallest absolute Gasteiger partial charge is 0.123 e. The molecule has 2 N–H and O–H groups in total. The van der Waals surface area contributed by atoms with E-state index in [9.17, 15) is 4.39 Å². The third-order valence-electron chi connectivity index (χ3n) is 3.53. The van der Waals surface area contributed by atoms with Crippen molar-refractivity contribution in [3.05, 3.63) is 41.3 Å². The molecule has 0 aliphatic carbocycles. The van der Waals surface area contributed by atoms with Crippen LogP contribution in [0.15, 0.2) is 24.3 Å². The molecule has 1 aliphatic heterocycles. The van der Waals surface area contributed by atoms with E-state index in [0.29, 0.717) is 6.54 Å². The van der Waals surface area contributed by atoms with Crippen LogP contribution in [0.3, 0.4) is 0 Å². The van der Waals surface area contributed by atoms with Crippen LogP contribution >= 0.6 is 0 Å². The number of aliphatic hydroxyl groups excluding tert-OH is 1. The summed E-state index contributed by atoms with van der Waals surface area (Å²) in [6.07, 6.45) is 0.887. The van der Waals surface area contributed by atoms with Crippen LogP contribution in [0.5, 0.6) is 0 Å². The molecule has 5 heteroatoms. The lowest BCUT2D eigenvalue weighted by molar-refractivity contribution is 0.184. The summed E-state index contributed by atoms with van der Waals surface area (Å²) in [5.41, 5.74) is 3.85. The van der Waals surface area contributed by atoms with Gasteiger partial charge in [0.05, 0.1) is 12.3 Å². The minimum atomic E-state index is -0.253. The van der Waals surface area contributed by atoms with Gasteiger partial charge in [0, 0.05) is 42.9 Å². The van der Waals surface area contributed by atoms with Crippen molar-refractivity contribution >= 4 is 0 Å². The Labute approximate surface area is 110 Å². The summed E-state index contributed by atoms with van der Waals surface area (Å²) >= 11 is 0. The van der Waals surface area contributed by atoms with Crippen LogP contribution in [0.1, 0.15) is 11.3 Å². The predicted octanol–water partition coefficient (Wildman–Crippen LogP) is 1.57. The van der Waals surface area contributed by atoms with Crippen molar-refractivity contribution in [2.75, 3.05) is 19.7 Å². The minimum absolute atomic E-state index is 0.155. The first-order valence-corrected chi connectivity index (χ1v) is 6.43. The molecule has 0 saturated heterocycles. The van der Waals surface area contributed by atoms with Gasteiger partial charge in [0.25, 0.3) is 0 Å². The van der Waals surface area contributed by atoms with E-state index in [2.05, 4.69) is 15.1 Å². The summed E-state index contributed by atoms with van der Waals surface area (Å²) in [4.78, 5) is 2.18. The second-order valence-electron chi connectivity index (χ2n) is 4.79. The summed E-state index contributed by atoms with van der Waals surface area (Å²) in [6, 6.07) is 6.49. The molecule has 1 aromatic carbocycles. The van der Waals surface area contributed by atoms with Gasteiger partial charge in [-0.15, -0.1) is 0 Å². The standard InChI is InChI=1S/C14H16FN3O/c15-11-3-1-2-10(8-11)14-12-9-18(6-7-19)5-4-13(12)16-17-14/h1-3,8,19H,4-7,9H2,(H,16,17). The largest absolute Gasteiger partial charge is 0.395 e. The third-order valence-corrected chi connectivity index (χ3v) is 3.53. The monoisotopic (exact) mass is 261 g/mol. The number of H-pyrrole nitrogens is 1. The number of hydrogen-bond donors (Lipinski definition) is 2. The molecule has 0 bridgehead atoms. The Kier molecular flexibility index (Phi) is 3.31. The first-order chi connectivity index (χ1) is 9.28. The zero-order chi connectivity index (χ0) is 13.2. The fraction of sp³-hybridized carbons (Fsp3) is 0.357. The van der Waals surface area contributed by atoms with Gasteiger partial charge in [-0.2, -0.15) is 5.10 Å². The maximum Gasteiger partial charge on any atom is 0.123 e. The van der Waals surface area contributed by atoms with Gasteiger partial charge in [0.1, 0.15) is 5.82 Å². The molecule has 0 saturated carbocycles. The van der Waals surface area contributed by atoms with Gasteiger partial charge < -0.3 is 5.11 Å². The number of aliphatic hydroxyl groups is 1. The number of aromatic nitrogens is 2.